The molecule has 0 radical (unpaired) electrons. The van der Waals surface area contributed by atoms with Gasteiger partial charge in [-0.15, -0.1) is 35.3 Å². The van der Waals surface area contributed by atoms with E-state index in [2.05, 4.69) is 38.0 Å². The highest BCUT2D eigenvalue weighted by molar-refractivity contribution is 14.0. The Morgan fingerprint density at radius 2 is 2.07 bits per heavy atom. The molecule has 0 bridgehead atoms. The molecule has 0 saturated carbocycles. The van der Waals surface area contributed by atoms with Crippen molar-refractivity contribution in [3.8, 4) is 11.5 Å². The van der Waals surface area contributed by atoms with Crippen molar-refractivity contribution in [2.45, 2.75) is 31.8 Å². The summed E-state index contributed by atoms with van der Waals surface area (Å²) in [5, 5.41) is 11.0. The predicted octanol–water partition coefficient (Wildman–Crippen LogP) is 4.51. The first-order valence-electron chi connectivity index (χ1n) is 10.1. The van der Waals surface area contributed by atoms with Crippen molar-refractivity contribution in [3.05, 3.63) is 40.2 Å². The van der Waals surface area contributed by atoms with Gasteiger partial charge in [-0.3, -0.25) is 4.99 Å². The Morgan fingerprint density at radius 3 is 2.80 bits per heavy atom. The second-order valence-corrected chi connectivity index (χ2v) is 8.57. The quantitative estimate of drug-likeness (QED) is 0.326. The zero-order chi connectivity index (χ0) is 20.1. The van der Waals surface area contributed by atoms with Crippen LogP contribution in [0.1, 0.15) is 24.8 Å². The third kappa shape index (κ3) is 5.85. The van der Waals surface area contributed by atoms with E-state index in [0.29, 0.717) is 36.6 Å². The average Bonchev–Trinajstić information content (AvgIpc) is 3.17. The maximum Gasteiger partial charge on any atom is 0.191 e. The number of fused-ring (bicyclic) bond motifs is 1. The molecular weight excluding hydrogens is 535 g/mol. The van der Waals surface area contributed by atoms with Crippen LogP contribution >= 0.6 is 46.9 Å². The Balaban J connectivity index is 0.00000256. The molecule has 1 fully saturated rings. The van der Waals surface area contributed by atoms with Gasteiger partial charge in [-0.2, -0.15) is 0 Å². The Kier molecular flexibility index (Phi) is 8.76. The van der Waals surface area contributed by atoms with Crippen molar-refractivity contribution in [1.82, 2.24) is 10.6 Å². The SMILES string of the molecule is CN=C(NCc1cc(Cl)c2c(c1)OCCCO2)NC1CCN(c2cccs2)CC1.I. The number of halogens is 2. The molecule has 0 aliphatic carbocycles. The fourth-order valence-corrected chi connectivity index (χ4v) is 4.73. The topological polar surface area (TPSA) is 58.1 Å². The maximum absolute atomic E-state index is 6.40. The van der Waals surface area contributed by atoms with E-state index < -0.39 is 0 Å². The van der Waals surface area contributed by atoms with E-state index in [1.54, 1.807) is 18.4 Å². The molecule has 9 heteroatoms. The van der Waals surface area contributed by atoms with Gasteiger partial charge in [0.25, 0.3) is 0 Å². The lowest BCUT2D eigenvalue weighted by Gasteiger charge is -2.33. The summed E-state index contributed by atoms with van der Waals surface area (Å²) in [6.45, 7) is 4.02. The minimum absolute atomic E-state index is 0. The van der Waals surface area contributed by atoms with Gasteiger partial charge in [-0.05, 0) is 48.1 Å². The van der Waals surface area contributed by atoms with E-state index in [0.717, 1.165) is 49.6 Å². The van der Waals surface area contributed by atoms with Gasteiger partial charge in [0.2, 0.25) is 0 Å². The average molecular weight is 563 g/mol. The summed E-state index contributed by atoms with van der Waals surface area (Å²) in [6, 6.07) is 8.65. The largest absolute Gasteiger partial charge is 0.489 e. The second-order valence-electron chi connectivity index (χ2n) is 7.24. The van der Waals surface area contributed by atoms with Crippen LogP contribution in [-0.4, -0.2) is 45.4 Å². The van der Waals surface area contributed by atoms with Crippen LogP contribution in [0.3, 0.4) is 0 Å². The van der Waals surface area contributed by atoms with Gasteiger partial charge < -0.3 is 25.0 Å². The van der Waals surface area contributed by atoms with Gasteiger partial charge in [-0.25, -0.2) is 0 Å². The normalized spacial score (nSPS) is 17.1. The third-order valence-electron chi connectivity index (χ3n) is 5.20. The molecule has 164 valence electrons. The minimum atomic E-state index is 0. The lowest BCUT2D eigenvalue weighted by Crippen LogP contribution is -2.48. The summed E-state index contributed by atoms with van der Waals surface area (Å²) in [7, 11) is 1.80. The van der Waals surface area contributed by atoms with Gasteiger partial charge >= 0.3 is 0 Å². The number of hydrogen-bond donors (Lipinski definition) is 2. The summed E-state index contributed by atoms with van der Waals surface area (Å²) in [5.74, 6) is 2.17. The van der Waals surface area contributed by atoms with E-state index in [4.69, 9.17) is 21.1 Å². The summed E-state index contributed by atoms with van der Waals surface area (Å²) in [4.78, 5) is 6.84. The Morgan fingerprint density at radius 1 is 1.27 bits per heavy atom. The molecule has 1 aromatic heterocycles. The smallest absolute Gasteiger partial charge is 0.191 e. The van der Waals surface area contributed by atoms with Crippen LogP contribution in [0, 0.1) is 0 Å². The van der Waals surface area contributed by atoms with E-state index in [1.807, 2.05) is 12.1 Å². The molecule has 4 rings (SSSR count). The fraction of sp³-hybridized carbons (Fsp3) is 0.476. The molecule has 0 unspecified atom stereocenters. The van der Waals surface area contributed by atoms with Crippen LogP contribution in [-0.2, 0) is 6.54 Å². The monoisotopic (exact) mass is 562 g/mol. The molecule has 0 amide bonds. The molecule has 30 heavy (non-hydrogen) atoms. The highest BCUT2D eigenvalue weighted by atomic mass is 127. The van der Waals surface area contributed by atoms with Gasteiger partial charge in [-0.1, -0.05) is 11.6 Å². The number of nitrogens with zero attached hydrogens (tertiary/aromatic N) is 2. The molecular formula is C21H28ClIN4O2S. The van der Waals surface area contributed by atoms with E-state index in [9.17, 15) is 0 Å². The number of anilines is 1. The van der Waals surface area contributed by atoms with Gasteiger partial charge in [0, 0.05) is 39.1 Å². The summed E-state index contributed by atoms with van der Waals surface area (Å²) in [5.41, 5.74) is 1.04. The van der Waals surface area contributed by atoms with Crippen molar-refractivity contribution in [3.63, 3.8) is 0 Å². The molecule has 0 spiro atoms. The Bertz CT molecular complexity index is 842. The number of nitrogens with one attached hydrogen (secondary N) is 2. The van der Waals surface area contributed by atoms with Crippen molar-refractivity contribution in [2.24, 2.45) is 4.99 Å². The number of benzene rings is 1. The molecule has 1 aromatic carbocycles. The molecule has 6 nitrogen and oxygen atoms in total. The Labute approximate surface area is 204 Å². The number of piperidine rings is 1. The number of rotatable bonds is 4. The molecule has 2 aromatic rings. The van der Waals surface area contributed by atoms with Gasteiger partial charge in [0.05, 0.1) is 23.2 Å². The lowest BCUT2D eigenvalue weighted by atomic mass is 10.1. The summed E-state index contributed by atoms with van der Waals surface area (Å²) < 4.78 is 11.5. The first-order chi connectivity index (χ1) is 14.2. The molecule has 2 aliphatic rings. The third-order valence-corrected chi connectivity index (χ3v) is 6.41. The number of guanidine groups is 1. The van der Waals surface area contributed by atoms with Crippen LogP contribution in [0.5, 0.6) is 11.5 Å². The van der Waals surface area contributed by atoms with E-state index >= 15 is 0 Å². The Hall–Kier alpha value is -1.39. The predicted molar refractivity (Wildman–Crippen MR) is 135 cm³/mol. The van der Waals surface area contributed by atoms with Crippen LogP contribution in [0.4, 0.5) is 5.00 Å². The molecule has 0 atom stereocenters. The van der Waals surface area contributed by atoms with Crippen molar-refractivity contribution in [2.75, 3.05) is 38.3 Å². The first kappa shape index (κ1) is 23.3. The van der Waals surface area contributed by atoms with Crippen LogP contribution in [0.25, 0.3) is 0 Å². The van der Waals surface area contributed by atoms with Crippen LogP contribution in [0.15, 0.2) is 34.6 Å². The molecule has 1 saturated heterocycles. The molecule has 2 aliphatic heterocycles. The molecule has 2 N–H and O–H groups in total. The summed E-state index contributed by atoms with van der Waals surface area (Å²) in [6.07, 6.45) is 3.04. The van der Waals surface area contributed by atoms with Gasteiger partial charge in [0.15, 0.2) is 17.5 Å². The fourth-order valence-electron chi connectivity index (χ4n) is 3.65. The van der Waals surface area contributed by atoms with E-state index in [1.165, 1.54) is 5.00 Å². The van der Waals surface area contributed by atoms with Crippen molar-refractivity contribution >= 4 is 57.9 Å². The highest BCUT2D eigenvalue weighted by Gasteiger charge is 2.21. The summed E-state index contributed by atoms with van der Waals surface area (Å²) >= 11 is 8.20. The number of hydrogen-bond acceptors (Lipinski definition) is 5. The van der Waals surface area contributed by atoms with E-state index in [-0.39, 0.29) is 24.0 Å². The van der Waals surface area contributed by atoms with Crippen LogP contribution < -0.4 is 25.0 Å². The second kappa shape index (κ2) is 11.3. The van der Waals surface area contributed by atoms with Gasteiger partial charge in [0.1, 0.15) is 0 Å². The zero-order valence-electron chi connectivity index (χ0n) is 17.0. The molecule has 3 heterocycles. The van der Waals surface area contributed by atoms with Crippen molar-refractivity contribution in [1.29, 1.82) is 0 Å². The lowest BCUT2D eigenvalue weighted by molar-refractivity contribution is 0.297. The number of thiophene rings is 1. The van der Waals surface area contributed by atoms with Crippen LogP contribution in [0.2, 0.25) is 5.02 Å². The standard InChI is InChI=1S/C21H27ClN4O2S.HI/c1-23-21(25-16-5-7-26(8-6-16)19-4-2-11-29-19)24-14-15-12-17(22)20-18(13-15)27-9-3-10-28-20;/h2,4,11-13,16H,3,5-10,14H2,1H3,(H2,23,24,25);1H. The zero-order valence-corrected chi connectivity index (χ0v) is 20.9. The van der Waals surface area contributed by atoms with Crippen molar-refractivity contribution < 1.29 is 9.47 Å². The number of ether oxygens (including phenoxy) is 2. The number of aliphatic imine (C=N–C) groups is 1. The minimum Gasteiger partial charge on any atom is -0.489 e. The first-order valence-corrected chi connectivity index (χ1v) is 11.3. The highest BCUT2D eigenvalue weighted by Crippen LogP contribution is 2.38. The maximum atomic E-state index is 6.40.